The second kappa shape index (κ2) is 9.68. The van der Waals surface area contributed by atoms with Crippen molar-refractivity contribution in [1.29, 1.82) is 0 Å². The van der Waals surface area contributed by atoms with Gasteiger partial charge in [0.2, 0.25) is 0 Å². The van der Waals surface area contributed by atoms with Crippen molar-refractivity contribution >= 4 is 22.8 Å². The first-order valence-electron chi connectivity index (χ1n) is 11.1. The van der Waals surface area contributed by atoms with Gasteiger partial charge in [-0.25, -0.2) is 9.78 Å². The number of hydrogen-bond donors (Lipinski definition) is 4. The van der Waals surface area contributed by atoms with Crippen LogP contribution in [0.3, 0.4) is 0 Å². The molecule has 1 atom stereocenters. The average Bonchev–Trinajstić information content (AvgIpc) is 3.20. The van der Waals surface area contributed by atoms with Crippen LogP contribution in [-0.2, 0) is 17.8 Å². The number of oxazole rings is 1. The number of aromatic nitrogens is 2. The summed E-state index contributed by atoms with van der Waals surface area (Å²) in [6.45, 7) is 5.07. The van der Waals surface area contributed by atoms with Crippen LogP contribution in [0.1, 0.15) is 57.7 Å². The predicted molar refractivity (Wildman–Crippen MR) is 121 cm³/mol. The molecular weight excluding hydrogens is 424 g/mol. The normalized spacial score (nSPS) is 15.5. The molecule has 1 aromatic carbocycles. The molecule has 0 aliphatic carbocycles. The summed E-state index contributed by atoms with van der Waals surface area (Å²) < 4.78 is 5.75. The van der Waals surface area contributed by atoms with Gasteiger partial charge in [-0.1, -0.05) is 18.2 Å². The quantitative estimate of drug-likeness (QED) is 0.428. The van der Waals surface area contributed by atoms with Crippen LogP contribution >= 0.6 is 0 Å². The minimum atomic E-state index is -1.18. The van der Waals surface area contributed by atoms with Crippen LogP contribution in [0.4, 0.5) is 0 Å². The fourth-order valence-corrected chi connectivity index (χ4v) is 4.33. The first-order chi connectivity index (χ1) is 15.9. The second-order valence-corrected chi connectivity index (χ2v) is 8.44. The smallest absolute Gasteiger partial charge is 0.326 e. The number of benzene rings is 1. The third kappa shape index (κ3) is 4.89. The molecule has 0 saturated carbocycles. The number of aliphatic hydroxyl groups excluding tert-OH is 1. The lowest BCUT2D eigenvalue weighted by Gasteiger charge is -2.19. The Morgan fingerprint density at radius 3 is 2.67 bits per heavy atom. The minimum Gasteiger partial charge on any atom is -0.480 e. The summed E-state index contributed by atoms with van der Waals surface area (Å²) in [4.78, 5) is 33.9. The maximum atomic E-state index is 12.9. The van der Waals surface area contributed by atoms with E-state index in [4.69, 9.17) is 4.42 Å². The van der Waals surface area contributed by atoms with E-state index in [1.807, 2.05) is 13.0 Å². The highest BCUT2D eigenvalue weighted by Gasteiger charge is 2.28. The zero-order chi connectivity index (χ0) is 23.5. The second-order valence-electron chi connectivity index (χ2n) is 8.44. The molecule has 1 saturated heterocycles. The molecule has 2 aromatic heterocycles. The van der Waals surface area contributed by atoms with E-state index >= 15 is 0 Å². The molecule has 9 nitrogen and oxygen atoms in total. The Bertz CT molecular complexity index is 1180. The molecule has 33 heavy (non-hydrogen) atoms. The van der Waals surface area contributed by atoms with Crippen molar-refractivity contribution in [2.24, 2.45) is 0 Å². The summed E-state index contributed by atoms with van der Waals surface area (Å²) in [5.74, 6) is -0.691. The van der Waals surface area contributed by atoms with Crippen LogP contribution in [0.2, 0.25) is 0 Å². The van der Waals surface area contributed by atoms with Gasteiger partial charge in [0.1, 0.15) is 11.8 Å². The maximum Gasteiger partial charge on any atom is 0.326 e. The SMILES string of the molecule is Cc1cc(CO)c2cccc(C[C@H](NC(=O)c3nc(C4CCNCC4)oc3C)C(=O)O)c2n1. The lowest BCUT2D eigenvalue weighted by atomic mass is 9.98. The van der Waals surface area contributed by atoms with E-state index in [-0.39, 0.29) is 24.6 Å². The van der Waals surface area contributed by atoms with E-state index in [9.17, 15) is 19.8 Å². The number of aliphatic carboxylic acids is 1. The number of carbonyl (C=O) groups is 2. The molecule has 1 fully saturated rings. The van der Waals surface area contributed by atoms with Crippen LogP contribution in [0, 0.1) is 13.8 Å². The summed E-state index contributed by atoms with van der Waals surface area (Å²) in [5, 5.41) is 26.1. The number of aryl methyl sites for hydroxylation is 2. The number of amides is 1. The average molecular weight is 453 g/mol. The Morgan fingerprint density at radius 2 is 1.97 bits per heavy atom. The third-order valence-corrected chi connectivity index (χ3v) is 6.05. The van der Waals surface area contributed by atoms with Crippen molar-refractivity contribution in [3.05, 3.63) is 58.4 Å². The molecule has 1 amide bonds. The summed E-state index contributed by atoms with van der Waals surface area (Å²) in [5.41, 5.74) is 2.85. The molecule has 0 unspecified atom stereocenters. The van der Waals surface area contributed by atoms with E-state index in [0.717, 1.165) is 42.6 Å². The molecular formula is C24H28N4O5. The molecule has 9 heteroatoms. The highest BCUT2D eigenvalue weighted by atomic mass is 16.4. The zero-order valence-corrected chi connectivity index (χ0v) is 18.7. The number of nitrogens with one attached hydrogen (secondary N) is 2. The molecule has 4 N–H and O–H groups in total. The predicted octanol–water partition coefficient (Wildman–Crippen LogP) is 2.22. The van der Waals surface area contributed by atoms with Gasteiger partial charge in [0, 0.05) is 23.4 Å². The van der Waals surface area contributed by atoms with Gasteiger partial charge in [-0.2, -0.15) is 0 Å². The van der Waals surface area contributed by atoms with E-state index < -0.39 is 17.9 Å². The number of aliphatic hydroxyl groups is 1. The molecule has 0 radical (unpaired) electrons. The number of hydrogen-bond acceptors (Lipinski definition) is 7. The van der Waals surface area contributed by atoms with Crippen molar-refractivity contribution in [3.8, 4) is 0 Å². The van der Waals surface area contributed by atoms with Crippen molar-refractivity contribution in [2.45, 2.75) is 51.7 Å². The Balaban J connectivity index is 1.57. The van der Waals surface area contributed by atoms with E-state index in [1.165, 1.54) is 0 Å². The molecule has 4 rings (SSSR count). The van der Waals surface area contributed by atoms with Gasteiger partial charge in [-0.05, 0) is 57.0 Å². The Hall–Kier alpha value is -3.30. The summed E-state index contributed by atoms with van der Waals surface area (Å²) >= 11 is 0. The van der Waals surface area contributed by atoms with Crippen LogP contribution < -0.4 is 10.6 Å². The summed E-state index contributed by atoms with van der Waals surface area (Å²) in [6.07, 6.45) is 1.79. The number of rotatable bonds is 7. The Morgan fingerprint density at radius 1 is 1.21 bits per heavy atom. The number of piperidine rings is 1. The summed E-state index contributed by atoms with van der Waals surface area (Å²) in [7, 11) is 0. The highest BCUT2D eigenvalue weighted by molar-refractivity contribution is 5.96. The fourth-order valence-electron chi connectivity index (χ4n) is 4.33. The van der Waals surface area contributed by atoms with Gasteiger partial charge in [0.05, 0.1) is 12.1 Å². The molecule has 1 aliphatic heterocycles. The lowest BCUT2D eigenvalue weighted by Crippen LogP contribution is -2.42. The Labute approximate surface area is 191 Å². The van der Waals surface area contributed by atoms with Crippen molar-refractivity contribution in [1.82, 2.24) is 20.6 Å². The number of carboxylic acid groups (broad SMARTS) is 1. The highest BCUT2D eigenvalue weighted by Crippen LogP contribution is 2.27. The molecule has 3 heterocycles. The monoisotopic (exact) mass is 452 g/mol. The van der Waals surface area contributed by atoms with Gasteiger partial charge in [-0.15, -0.1) is 0 Å². The van der Waals surface area contributed by atoms with Gasteiger partial charge in [-0.3, -0.25) is 9.78 Å². The van der Waals surface area contributed by atoms with Crippen LogP contribution in [0.15, 0.2) is 28.7 Å². The van der Waals surface area contributed by atoms with Gasteiger partial charge < -0.3 is 25.3 Å². The first-order valence-corrected chi connectivity index (χ1v) is 11.1. The van der Waals surface area contributed by atoms with Crippen molar-refractivity contribution < 1.29 is 24.2 Å². The van der Waals surface area contributed by atoms with E-state index in [0.29, 0.717) is 22.7 Å². The Kier molecular flexibility index (Phi) is 6.71. The third-order valence-electron chi connectivity index (χ3n) is 6.05. The van der Waals surface area contributed by atoms with E-state index in [2.05, 4.69) is 20.6 Å². The van der Waals surface area contributed by atoms with Crippen molar-refractivity contribution in [3.63, 3.8) is 0 Å². The molecule has 0 bridgehead atoms. The van der Waals surface area contributed by atoms with Gasteiger partial charge in [0.15, 0.2) is 11.6 Å². The number of fused-ring (bicyclic) bond motifs is 1. The molecule has 174 valence electrons. The number of carbonyl (C=O) groups excluding carboxylic acids is 1. The summed E-state index contributed by atoms with van der Waals surface area (Å²) in [6, 6.07) is 6.04. The van der Waals surface area contributed by atoms with Crippen LogP contribution in [0.25, 0.3) is 10.9 Å². The number of carboxylic acids is 1. The number of para-hydroxylation sites is 1. The first kappa shape index (κ1) is 22.9. The minimum absolute atomic E-state index is 0.0395. The molecule has 3 aromatic rings. The number of pyridine rings is 1. The molecule has 1 aliphatic rings. The van der Waals surface area contributed by atoms with E-state index in [1.54, 1.807) is 25.1 Å². The van der Waals surface area contributed by atoms with Crippen LogP contribution in [0.5, 0.6) is 0 Å². The largest absolute Gasteiger partial charge is 0.480 e. The maximum absolute atomic E-state index is 12.9. The fraction of sp³-hybridized carbons (Fsp3) is 0.417. The zero-order valence-electron chi connectivity index (χ0n) is 18.7. The van der Waals surface area contributed by atoms with Crippen molar-refractivity contribution in [2.75, 3.05) is 13.1 Å². The van der Waals surface area contributed by atoms with Crippen LogP contribution in [-0.4, -0.2) is 51.2 Å². The molecule has 0 spiro atoms. The van der Waals surface area contributed by atoms with Gasteiger partial charge in [0.25, 0.3) is 5.91 Å². The lowest BCUT2D eigenvalue weighted by molar-refractivity contribution is -0.139. The topological polar surface area (TPSA) is 138 Å². The number of nitrogens with zero attached hydrogens (tertiary/aromatic N) is 2. The standard InChI is InChI=1S/C24H28N4O5/c1-13-10-17(12-29)18-5-3-4-16(21(18)26-13)11-19(24(31)32)27-22(30)20-14(2)33-23(28-20)15-6-8-25-9-7-15/h3-5,10,15,19,25,29H,6-9,11-12H2,1-2H3,(H,27,30)(H,31,32)/t19-/m0/s1. The van der Waals surface area contributed by atoms with Gasteiger partial charge >= 0.3 is 5.97 Å².